The highest BCUT2D eigenvalue weighted by Gasteiger charge is 2.22. The molecule has 4 rings (SSSR count). The van der Waals surface area contributed by atoms with Crippen LogP contribution in [0.5, 0.6) is 0 Å². The first-order chi connectivity index (χ1) is 12.1. The van der Waals surface area contributed by atoms with Gasteiger partial charge in [-0.25, -0.2) is 0 Å². The van der Waals surface area contributed by atoms with Crippen LogP contribution >= 0.6 is 12.2 Å². The second kappa shape index (κ2) is 6.72. The van der Waals surface area contributed by atoms with Crippen molar-refractivity contribution < 1.29 is 4.79 Å². The van der Waals surface area contributed by atoms with E-state index in [1.165, 1.54) is 0 Å². The van der Waals surface area contributed by atoms with Crippen LogP contribution in [0.2, 0.25) is 0 Å². The number of piperazine rings is 1. The number of nitrogens with zero attached hydrogens (tertiary/aromatic N) is 2. The topological polar surface area (TPSA) is 70.1 Å². The summed E-state index contributed by atoms with van der Waals surface area (Å²) in [5.41, 5.74) is 1.19. The molecule has 1 amide bonds. The molecule has 1 aromatic carbocycles. The monoisotopic (exact) mass is 358 g/mol. The zero-order valence-corrected chi connectivity index (χ0v) is 14.9. The van der Waals surface area contributed by atoms with Crippen molar-refractivity contribution in [3.63, 3.8) is 0 Å². The fourth-order valence-corrected chi connectivity index (χ4v) is 4.25. The number of amides is 1. The molecule has 0 radical (unpaired) electrons. The minimum Gasteiger partial charge on any atom is -0.336 e. The molecule has 0 atom stereocenters. The molecular weight excluding hydrogens is 336 g/mol. The first-order valence-corrected chi connectivity index (χ1v) is 9.34. The van der Waals surface area contributed by atoms with E-state index >= 15 is 0 Å². The van der Waals surface area contributed by atoms with Crippen LogP contribution < -0.4 is 10.9 Å². The number of rotatable bonds is 2. The average molecular weight is 358 g/mol. The molecule has 6 nitrogen and oxygen atoms in total. The molecule has 2 N–H and O–H groups in total. The van der Waals surface area contributed by atoms with Crippen molar-refractivity contribution >= 4 is 29.0 Å². The van der Waals surface area contributed by atoms with Gasteiger partial charge in [0.1, 0.15) is 0 Å². The molecule has 2 aromatic rings. The zero-order chi connectivity index (χ0) is 17.4. The van der Waals surface area contributed by atoms with Crippen LogP contribution in [0.4, 0.5) is 0 Å². The molecule has 2 aliphatic rings. The maximum atomic E-state index is 12.9. The lowest BCUT2D eigenvalue weighted by Gasteiger charge is -2.27. The van der Waals surface area contributed by atoms with Gasteiger partial charge < -0.3 is 15.2 Å². The first-order valence-electron chi connectivity index (χ1n) is 8.94. The molecule has 7 heteroatoms. The Kier molecular flexibility index (Phi) is 4.43. The lowest BCUT2D eigenvalue weighted by Crippen LogP contribution is -2.46. The Balaban J connectivity index is 1.74. The van der Waals surface area contributed by atoms with Crippen LogP contribution in [0.25, 0.3) is 10.9 Å². The zero-order valence-electron chi connectivity index (χ0n) is 14.1. The minimum absolute atomic E-state index is 0.00249. The van der Waals surface area contributed by atoms with Crippen LogP contribution in [0, 0.1) is 4.77 Å². The summed E-state index contributed by atoms with van der Waals surface area (Å²) in [5.74, 6) is 0.00249. The number of hydrogen-bond acceptors (Lipinski definition) is 4. The summed E-state index contributed by atoms with van der Waals surface area (Å²) in [6, 6.07) is 5.46. The van der Waals surface area contributed by atoms with Gasteiger partial charge in [-0.05, 0) is 43.3 Å². The van der Waals surface area contributed by atoms with E-state index in [1.54, 1.807) is 22.8 Å². The minimum atomic E-state index is -0.0492. The molecule has 0 unspecified atom stereocenters. The molecule has 2 heterocycles. The average Bonchev–Trinajstić information content (AvgIpc) is 3.15. The predicted molar refractivity (Wildman–Crippen MR) is 99.7 cm³/mol. The fraction of sp³-hybridized carbons (Fsp3) is 0.500. The van der Waals surface area contributed by atoms with Crippen molar-refractivity contribution in [2.75, 3.05) is 26.2 Å². The van der Waals surface area contributed by atoms with Gasteiger partial charge in [0.05, 0.1) is 10.9 Å². The second-order valence-electron chi connectivity index (χ2n) is 6.85. The Hall–Kier alpha value is -1.99. The quantitative estimate of drug-likeness (QED) is 0.808. The van der Waals surface area contributed by atoms with Gasteiger partial charge in [0.2, 0.25) is 0 Å². The fourth-order valence-electron chi connectivity index (χ4n) is 3.91. The molecule has 2 fully saturated rings. The molecule has 0 bridgehead atoms. The largest absolute Gasteiger partial charge is 0.336 e. The lowest BCUT2D eigenvalue weighted by molar-refractivity contribution is 0.0736. The van der Waals surface area contributed by atoms with E-state index in [1.807, 2.05) is 4.90 Å². The molecule has 132 valence electrons. The number of hydrogen-bond donors (Lipinski definition) is 2. The predicted octanol–water partition coefficient (Wildman–Crippen LogP) is 2.22. The molecular formula is C18H22N4O2S. The van der Waals surface area contributed by atoms with E-state index in [2.05, 4.69) is 10.3 Å². The molecule has 1 saturated heterocycles. The number of fused-ring (bicyclic) bond motifs is 1. The summed E-state index contributed by atoms with van der Waals surface area (Å²) < 4.78 is 2.18. The summed E-state index contributed by atoms with van der Waals surface area (Å²) >= 11 is 5.44. The Morgan fingerprint density at radius 1 is 1.16 bits per heavy atom. The Morgan fingerprint density at radius 2 is 1.88 bits per heavy atom. The Bertz CT molecular complexity index is 921. The van der Waals surface area contributed by atoms with E-state index in [4.69, 9.17) is 12.2 Å². The van der Waals surface area contributed by atoms with Crippen molar-refractivity contribution in [1.82, 2.24) is 19.8 Å². The Labute approximate surface area is 150 Å². The van der Waals surface area contributed by atoms with Gasteiger partial charge in [0.25, 0.3) is 11.5 Å². The van der Waals surface area contributed by atoms with E-state index in [9.17, 15) is 9.59 Å². The number of benzene rings is 1. The van der Waals surface area contributed by atoms with E-state index in [-0.39, 0.29) is 17.5 Å². The van der Waals surface area contributed by atoms with Crippen LogP contribution in [0.3, 0.4) is 0 Å². The van der Waals surface area contributed by atoms with E-state index in [0.717, 1.165) is 38.8 Å². The van der Waals surface area contributed by atoms with Gasteiger partial charge in [0, 0.05) is 37.8 Å². The van der Waals surface area contributed by atoms with Crippen molar-refractivity contribution in [2.24, 2.45) is 0 Å². The highest BCUT2D eigenvalue weighted by molar-refractivity contribution is 7.71. The summed E-state index contributed by atoms with van der Waals surface area (Å²) in [6.07, 6.45) is 4.29. The number of aromatic nitrogens is 2. The third-order valence-corrected chi connectivity index (χ3v) is 5.57. The summed E-state index contributed by atoms with van der Waals surface area (Å²) in [4.78, 5) is 30.6. The molecule has 1 saturated carbocycles. The molecule has 25 heavy (non-hydrogen) atoms. The van der Waals surface area contributed by atoms with Gasteiger partial charge in [-0.3, -0.25) is 14.2 Å². The van der Waals surface area contributed by atoms with Crippen LogP contribution in [0.15, 0.2) is 23.0 Å². The van der Waals surface area contributed by atoms with Gasteiger partial charge in [-0.2, -0.15) is 0 Å². The number of carbonyl (C=O) groups excluding carboxylic acids is 1. The third-order valence-electron chi connectivity index (χ3n) is 5.27. The number of aromatic amines is 1. The summed E-state index contributed by atoms with van der Waals surface area (Å²) in [6.45, 7) is 3.04. The van der Waals surface area contributed by atoms with Crippen LogP contribution in [-0.4, -0.2) is 46.5 Å². The number of carbonyl (C=O) groups is 1. The van der Waals surface area contributed by atoms with Crippen molar-refractivity contribution in [1.29, 1.82) is 0 Å². The molecule has 1 aliphatic carbocycles. The van der Waals surface area contributed by atoms with Crippen LogP contribution in [-0.2, 0) is 0 Å². The lowest BCUT2D eigenvalue weighted by atomic mass is 10.1. The van der Waals surface area contributed by atoms with Crippen molar-refractivity contribution in [3.05, 3.63) is 38.9 Å². The standard InChI is InChI=1S/C18H22N4O2S/c23-16(21-9-7-19-8-10-21)12-5-6-14-15(11-12)20-18(25)22(17(14)24)13-3-1-2-4-13/h5-6,11,13,19H,1-4,7-10H2,(H,20,25). The number of nitrogens with one attached hydrogen (secondary N) is 2. The summed E-state index contributed by atoms with van der Waals surface area (Å²) in [7, 11) is 0. The van der Waals surface area contributed by atoms with Gasteiger partial charge >= 0.3 is 0 Å². The number of H-pyrrole nitrogens is 1. The summed E-state index contributed by atoms with van der Waals surface area (Å²) in [5, 5.41) is 3.84. The maximum Gasteiger partial charge on any atom is 0.262 e. The third kappa shape index (κ3) is 3.02. The highest BCUT2D eigenvalue weighted by Crippen LogP contribution is 2.28. The highest BCUT2D eigenvalue weighted by atomic mass is 32.1. The SMILES string of the molecule is O=C(c1ccc2c(=O)n(C3CCCC3)c(=S)[nH]c2c1)N1CCNCC1. The smallest absolute Gasteiger partial charge is 0.262 e. The van der Waals surface area contributed by atoms with Gasteiger partial charge in [-0.15, -0.1) is 0 Å². The second-order valence-corrected chi connectivity index (χ2v) is 7.23. The molecule has 1 aliphatic heterocycles. The van der Waals surface area contributed by atoms with E-state index < -0.39 is 0 Å². The first kappa shape index (κ1) is 16.5. The van der Waals surface area contributed by atoms with Crippen LogP contribution in [0.1, 0.15) is 42.1 Å². The molecule has 1 aromatic heterocycles. The van der Waals surface area contributed by atoms with Crippen molar-refractivity contribution in [3.8, 4) is 0 Å². The van der Waals surface area contributed by atoms with Crippen molar-refractivity contribution in [2.45, 2.75) is 31.7 Å². The Morgan fingerprint density at radius 3 is 2.60 bits per heavy atom. The van der Waals surface area contributed by atoms with Gasteiger partial charge in [-0.1, -0.05) is 12.8 Å². The molecule has 0 spiro atoms. The maximum absolute atomic E-state index is 12.9. The normalized spacial score (nSPS) is 18.8. The van der Waals surface area contributed by atoms with E-state index in [0.29, 0.717) is 34.3 Å². The van der Waals surface area contributed by atoms with Gasteiger partial charge in [0.15, 0.2) is 4.77 Å².